The SMILES string of the molecule is Cc1cc(C)c([C@@H](C)N2CCn3c(C)nnc3C2)c(C)c1. The molecule has 0 aliphatic carbocycles. The van der Waals surface area contributed by atoms with E-state index in [4.69, 9.17) is 0 Å². The molecule has 2 aromatic rings. The Kier molecular flexibility index (Phi) is 3.57. The minimum Gasteiger partial charge on any atom is -0.313 e. The smallest absolute Gasteiger partial charge is 0.147 e. The predicted octanol–water partition coefficient (Wildman–Crippen LogP) is 3.09. The van der Waals surface area contributed by atoms with Crippen LogP contribution in [0.4, 0.5) is 0 Å². The van der Waals surface area contributed by atoms with Crippen molar-refractivity contribution in [3.05, 3.63) is 46.0 Å². The number of fused-ring (bicyclic) bond motifs is 1. The summed E-state index contributed by atoms with van der Waals surface area (Å²) in [6.07, 6.45) is 0. The van der Waals surface area contributed by atoms with Crippen LogP contribution in [-0.4, -0.2) is 26.2 Å². The molecule has 0 N–H and O–H groups in total. The molecular weight excluding hydrogens is 260 g/mol. The van der Waals surface area contributed by atoms with Crippen molar-refractivity contribution in [2.45, 2.75) is 53.8 Å². The maximum atomic E-state index is 4.31. The second kappa shape index (κ2) is 5.26. The topological polar surface area (TPSA) is 34.0 Å². The van der Waals surface area contributed by atoms with Gasteiger partial charge in [0.2, 0.25) is 0 Å². The van der Waals surface area contributed by atoms with Gasteiger partial charge in [0.1, 0.15) is 11.6 Å². The van der Waals surface area contributed by atoms with Crippen LogP contribution in [0.1, 0.15) is 46.9 Å². The van der Waals surface area contributed by atoms with Crippen molar-refractivity contribution in [3.8, 4) is 0 Å². The van der Waals surface area contributed by atoms with Crippen LogP contribution in [-0.2, 0) is 13.1 Å². The zero-order valence-electron chi connectivity index (χ0n) is 13.6. The predicted molar refractivity (Wildman–Crippen MR) is 84.2 cm³/mol. The lowest BCUT2D eigenvalue weighted by molar-refractivity contribution is 0.161. The number of hydrogen-bond donors (Lipinski definition) is 0. The van der Waals surface area contributed by atoms with Crippen LogP contribution in [0, 0.1) is 27.7 Å². The van der Waals surface area contributed by atoms with Gasteiger partial charge >= 0.3 is 0 Å². The van der Waals surface area contributed by atoms with Crippen LogP contribution in [0.2, 0.25) is 0 Å². The molecule has 1 aliphatic heterocycles. The Bertz CT molecular complexity index is 648. The highest BCUT2D eigenvalue weighted by Gasteiger charge is 2.25. The number of aryl methyl sites for hydroxylation is 4. The molecule has 0 bridgehead atoms. The lowest BCUT2D eigenvalue weighted by Gasteiger charge is -2.34. The van der Waals surface area contributed by atoms with Gasteiger partial charge in [0.15, 0.2) is 0 Å². The molecule has 0 amide bonds. The first kappa shape index (κ1) is 14.3. The quantitative estimate of drug-likeness (QED) is 0.850. The highest BCUT2D eigenvalue weighted by atomic mass is 15.3. The molecule has 0 unspecified atom stereocenters. The number of aromatic nitrogens is 3. The Morgan fingerprint density at radius 1 is 1.00 bits per heavy atom. The lowest BCUT2D eigenvalue weighted by Crippen LogP contribution is -2.36. The van der Waals surface area contributed by atoms with Crippen molar-refractivity contribution in [2.75, 3.05) is 6.54 Å². The van der Waals surface area contributed by atoms with Gasteiger partial charge in [-0.2, -0.15) is 0 Å². The zero-order valence-corrected chi connectivity index (χ0v) is 13.6. The van der Waals surface area contributed by atoms with Gasteiger partial charge < -0.3 is 4.57 Å². The maximum absolute atomic E-state index is 4.31. The third kappa shape index (κ3) is 2.48. The van der Waals surface area contributed by atoms with Gasteiger partial charge in [0.25, 0.3) is 0 Å². The van der Waals surface area contributed by atoms with Crippen molar-refractivity contribution >= 4 is 0 Å². The molecule has 4 heteroatoms. The van der Waals surface area contributed by atoms with Gasteiger partial charge in [-0.3, -0.25) is 4.90 Å². The molecule has 0 saturated carbocycles. The zero-order chi connectivity index (χ0) is 15.1. The minimum atomic E-state index is 0.413. The van der Waals surface area contributed by atoms with E-state index in [0.717, 1.165) is 31.3 Å². The summed E-state index contributed by atoms with van der Waals surface area (Å²) in [6, 6.07) is 4.99. The number of benzene rings is 1. The van der Waals surface area contributed by atoms with Crippen LogP contribution in [0.25, 0.3) is 0 Å². The van der Waals surface area contributed by atoms with Crippen molar-refractivity contribution in [2.24, 2.45) is 0 Å². The van der Waals surface area contributed by atoms with Gasteiger partial charge in [-0.25, -0.2) is 0 Å². The number of hydrogen-bond acceptors (Lipinski definition) is 3. The molecule has 4 nitrogen and oxygen atoms in total. The van der Waals surface area contributed by atoms with E-state index < -0.39 is 0 Å². The molecule has 21 heavy (non-hydrogen) atoms. The Morgan fingerprint density at radius 2 is 1.67 bits per heavy atom. The van der Waals surface area contributed by atoms with Crippen LogP contribution in [0.5, 0.6) is 0 Å². The Hall–Kier alpha value is -1.68. The summed E-state index contributed by atoms with van der Waals surface area (Å²) < 4.78 is 2.23. The summed E-state index contributed by atoms with van der Waals surface area (Å²) >= 11 is 0. The summed E-state index contributed by atoms with van der Waals surface area (Å²) in [6.45, 7) is 13.9. The lowest BCUT2D eigenvalue weighted by atomic mass is 9.94. The van der Waals surface area contributed by atoms with Crippen molar-refractivity contribution in [3.63, 3.8) is 0 Å². The van der Waals surface area contributed by atoms with E-state index in [1.807, 2.05) is 6.92 Å². The van der Waals surface area contributed by atoms with Crippen LogP contribution < -0.4 is 0 Å². The van der Waals surface area contributed by atoms with Crippen molar-refractivity contribution in [1.29, 1.82) is 0 Å². The van der Waals surface area contributed by atoms with Gasteiger partial charge in [-0.15, -0.1) is 10.2 Å². The molecule has 1 aliphatic rings. The summed E-state index contributed by atoms with van der Waals surface area (Å²) in [5.74, 6) is 2.12. The molecule has 1 aromatic heterocycles. The third-order valence-electron chi connectivity index (χ3n) is 4.67. The largest absolute Gasteiger partial charge is 0.313 e. The van der Waals surface area contributed by atoms with E-state index in [0.29, 0.717) is 6.04 Å². The Morgan fingerprint density at radius 3 is 2.33 bits per heavy atom. The van der Waals surface area contributed by atoms with Gasteiger partial charge in [0, 0.05) is 19.1 Å². The van der Waals surface area contributed by atoms with Gasteiger partial charge in [-0.1, -0.05) is 17.7 Å². The molecule has 0 saturated heterocycles. The first-order chi connectivity index (χ1) is 9.97. The molecule has 0 spiro atoms. The molecule has 0 radical (unpaired) electrons. The summed E-state index contributed by atoms with van der Waals surface area (Å²) in [4.78, 5) is 2.51. The van der Waals surface area contributed by atoms with E-state index in [9.17, 15) is 0 Å². The van der Waals surface area contributed by atoms with Gasteiger partial charge in [-0.05, 0) is 51.3 Å². The first-order valence-corrected chi connectivity index (χ1v) is 7.68. The summed E-state index contributed by atoms with van der Waals surface area (Å²) in [5, 5.41) is 8.51. The number of rotatable bonds is 2. The van der Waals surface area contributed by atoms with Crippen molar-refractivity contribution in [1.82, 2.24) is 19.7 Å². The van der Waals surface area contributed by atoms with E-state index in [1.165, 1.54) is 22.3 Å². The Balaban J connectivity index is 1.89. The molecule has 112 valence electrons. The second-order valence-electron chi connectivity index (χ2n) is 6.27. The molecule has 2 heterocycles. The molecule has 1 aromatic carbocycles. The summed E-state index contributed by atoms with van der Waals surface area (Å²) in [7, 11) is 0. The normalized spacial score (nSPS) is 16.8. The fourth-order valence-electron chi connectivity index (χ4n) is 3.69. The molecule has 1 atom stereocenters. The van der Waals surface area contributed by atoms with Crippen LogP contribution in [0.3, 0.4) is 0 Å². The van der Waals surface area contributed by atoms with E-state index in [1.54, 1.807) is 0 Å². The standard InChI is InChI=1S/C17H24N4/c1-11-8-12(2)17(13(3)9-11)14(4)20-6-7-21-15(5)18-19-16(21)10-20/h8-9,14H,6-7,10H2,1-5H3/t14-/m1/s1. The molecular formula is C17H24N4. The van der Waals surface area contributed by atoms with Crippen molar-refractivity contribution < 1.29 is 0 Å². The Labute approximate surface area is 126 Å². The number of nitrogens with zero attached hydrogens (tertiary/aromatic N) is 4. The van der Waals surface area contributed by atoms with Crippen LogP contribution >= 0.6 is 0 Å². The highest BCUT2D eigenvalue weighted by molar-refractivity contribution is 5.39. The highest BCUT2D eigenvalue weighted by Crippen LogP contribution is 2.30. The fourth-order valence-corrected chi connectivity index (χ4v) is 3.69. The van der Waals surface area contributed by atoms with Gasteiger partial charge in [0.05, 0.1) is 6.54 Å². The average molecular weight is 284 g/mol. The fraction of sp³-hybridized carbons (Fsp3) is 0.529. The monoisotopic (exact) mass is 284 g/mol. The average Bonchev–Trinajstić information content (AvgIpc) is 2.78. The van der Waals surface area contributed by atoms with E-state index >= 15 is 0 Å². The second-order valence-corrected chi connectivity index (χ2v) is 6.27. The first-order valence-electron chi connectivity index (χ1n) is 7.68. The van der Waals surface area contributed by atoms with E-state index in [-0.39, 0.29) is 0 Å². The molecule has 3 rings (SSSR count). The minimum absolute atomic E-state index is 0.413. The molecule has 0 fully saturated rings. The van der Waals surface area contributed by atoms with Crippen LogP contribution in [0.15, 0.2) is 12.1 Å². The van der Waals surface area contributed by atoms with E-state index in [2.05, 4.69) is 59.5 Å². The summed E-state index contributed by atoms with van der Waals surface area (Å²) in [5.41, 5.74) is 5.59. The maximum Gasteiger partial charge on any atom is 0.147 e. The third-order valence-corrected chi connectivity index (χ3v) is 4.67.